The van der Waals surface area contributed by atoms with Gasteiger partial charge in [-0.15, -0.1) is 0 Å². The summed E-state index contributed by atoms with van der Waals surface area (Å²) in [6.45, 7) is 12.9. The number of carbonyl (C=O) groups excluding carboxylic acids is 1. The molecule has 1 aliphatic rings. The Morgan fingerprint density at radius 3 is 1.88 bits per heavy atom. The Morgan fingerprint density at radius 1 is 1.06 bits per heavy atom. The van der Waals surface area contributed by atoms with Crippen LogP contribution < -0.4 is 0 Å². The minimum atomic E-state index is 0.139. The fourth-order valence-electron chi connectivity index (χ4n) is 3.01. The number of rotatable bonds is 3. The summed E-state index contributed by atoms with van der Waals surface area (Å²) < 4.78 is 0. The van der Waals surface area contributed by atoms with E-state index in [1.807, 2.05) is 4.90 Å². The zero-order chi connectivity index (χ0) is 13.3. The summed E-state index contributed by atoms with van der Waals surface area (Å²) in [6, 6.07) is 0.539. The van der Waals surface area contributed by atoms with Crippen molar-refractivity contribution < 1.29 is 4.79 Å². The van der Waals surface area contributed by atoms with E-state index < -0.39 is 0 Å². The average Bonchev–Trinajstić information content (AvgIpc) is 2.50. The molecule has 1 heterocycles. The zero-order valence-corrected chi connectivity index (χ0v) is 12.2. The Morgan fingerprint density at radius 2 is 1.59 bits per heavy atom. The van der Waals surface area contributed by atoms with E-state index in [0.29, 0.717) is 17.9 Å². The van der Waals surface area contributed by atoms with Gasteiger partial charge in [0.05, 0.1) is 0 Å². The Kier molecular flexibility index (Phi) is 4.34. The molecule has 1 amide bonds. The summed E-state index contributed by atoms with van der Waals surface area (Å²) in [5.41, 5.74) is 0.771. The number of nitrogens with zero attached hydrogens (tertiary/aromatic N) is 2. The number of hydrogen-bond donors (Lipinski definition) is 0. The average molecular weight is 238 g/mol. The van der Waals surface area contributed by atoms with E-state index in [-0.39, 0.29) is 17.9 Å². The van der Waals surface area contributed by atoms with Crippen LogP contribution in [0.4, 0.5) is 0 Å². The van der Waals surface area contributed by atoms with Gasteiger partial charge in [-0.25, -0.2) is 0 Å². The Bertz CT molecular complexity index is 318. The molecule has 0 radical (unpaired) electrons. The normalized spacial score (nSPS) is 28.2. The zero-order valence-electron chi connectivity index (χ0n) is 12.2. The highest BCUT2D eigenvalue weighted by atomic mass is 16.2. The van der Waals surface area contributed by atoms with Gasteiger partial charge in [-0.05, 0) is 25.7 Å². The second-order valence-corrected chi connectivity index (χ2v) is 5.92. The lowest BCUT2D eigenvalue weighted by Crippen LogP contribution is -2.44. The number of amides is 1. The molecule has 0 aliphatic carbocycles. The Balaban J connectivity index is 3.23. The summed E-state index contributed by atoms with van der Waals surface area (Å²) >= 11 is 0. The smallest absolute Gasteiger partial charge is 0.268 e. The largest absolute Gasteiger partial charge is 0.331 e. The van der Waals surface area contributed by atoms with Gasteiger partial charge in [-0.2, -0.15) is 0 Å². The van der Waals surface area contributed by atoms with Crippen LogP contribution >= 0.6 is 0 Å². The van der Waals surface area contributed by atoms with E-state index in [4.69, 9.17) is 0 Å². The maximum Gasteiger partial charge on any atom is 0.268 e. The first-order valence-corrected chi connectivity index (χ1v) is 6.62. The molecular formula is C14H26N2O. The van der Waals surface area contributed by atoms with E-state index in [1.54, 1.807) is 7.05 Å². The maximum atomic E-state index is 12.4. The fourth-order valence-corrected chi connectivity index (χ4v) is 3.01. The predicted octanol–water partition coefficient (Wildman–Crippen LogP) is 2.60. The van der Waals surface area contributed by atoms with Gasteiger partial charge in [0, 0.05) is 25.0 Å². The highest BCUT2D eigenvalue weighted by molar-refractivity contribution is 6.41. The van der Waals surface area contributed by atoms with Gasteiger partial charge in [-0.3, -0.25) is 9.79 Å². The molecule has 0 N–H and O–H groups in total. The van der Waals surface area contributed by atoms with Gasteiger partial charge in [0.2, 0.25) is 0 Å². The van der Waals surface area contributed by atoms with Crippen LogP contribution in [-0.4, -0.2) is 35.7 Å². The molecule has 0 aromatic heterocycles. The molecule has 0 bridgehead atoms. The highest BCUT2D eigenvalue weighted by Gasteiger charge is 2.48. The minimum Gasteiger partial charge on any atom is -0.331 e. The quantitative estimate of drug-likeness (QED) is 0.744. The van der Waals surface area contributed by atoms with Gasteiger partial charge < -0.3 is 4.90 Å². The Labute approximate surface area is 105 Å². The molecule has 3 heteroatoms. The maximum absolute atomic E-state index is 12.4. The molecule has 1 rings (SSSR count). The van der Waals surface area contributed by atoms with Crippen LogP contribution in [0.3, 0.4) is 0 Å². The van der Waals surface area contributed by atoms with E-state index in [0.717, 1.165) is 5.71 Å². The van der Waals surface area contributed by atoms with Crippen molar-refractivity contribution in [2.24, 2.45) is 22.7 Å². The van der Waals surface area contributed by atoms with Gasteiger partial charge >= 0.3 is 0 Å². The molecule has 0 saturated carbocycles. The number of hydrogen-bond acceptors (Lipinski definition) is 2. The lowest BCUT2D eigenvalue weighted by atomic mass is 9.82. The summed E-state index contributed by atoms with van der Waals surface area (Å²) in [5.74, 6) is 1.33. The third kappa shape index (κ3) is 2.38. The van der Waals surface area contributed by atoms with Crippen molar-refractivity contribution in [3.8, 4) is 0 Å². The van der Waals surface area contributed by atoms with Gasteiger partial charge in [0.15, 0.2) is 0 Å². The van der Waals surface area contributed by atoms with Crippen molar-refractivity contribution in [2.45, 2.75) is 53.6 Å². The van der Waals surface area contributed by atoms with Crippen molar-refractivity contribution in [1.82, 2.24) is 4.90 Å². The van der Waals surface area contributed by atoms with Crippen molar-refractivity contribution >= 4 is 11.6 Å². The van der Waals surface area contributed by atoms with Crippen molar-refractivity contribution in [3.63, 3.8) is 0 Å². The fraction of sp³-hybridized carbons (Fsp3) is 0.857. The van der Waals surface area contributed by atoms with Crippen LogP contribution in [0.5, 0.6) is 0 Å². The molecule has 98 valence electrons. The molecule has 0 aromatic rings. The first kappa shape index (κ1) is 14.2. The molecule has 0 spiro atoms. The van der Waals surface area contributed by atoms with Crippen LogP contribution in [0, 0.1) is 17.8 Å². The SMILES string of the molecule is C/N=C1\C(=O)N(C(C)C)C(C(C)C)C1C(C)C. The summed E-state index contributed by atoms with van der Waals surface area (Å²) in [7, 11) is 1.74. The third-order valence-corrected chi connectivity index (χ3v) is 3.66. The van der Waals surface area contributed by atoms with Crippen molar-refractivity contribution in [3.05, 3.63) is 0 Å². The van der Waals surface area contributed by atoms with E-state index in [2.05, 4.69) is 46.5 Å². The summed E-state index contributed by atoms with van der Waals surface area (Å²) in [4.78, 5) is 18.7. The van der Waals surface area contributed by atoms with Crippen LogP contribution in [0.25, 0.3) is 0 Å². The third-order valence-electron chi connectivity index (χ3n) is 3.66. The second kappa shape index (κ2) is 5.19. The van der Waals surface area contributed by atoms with Crippen LogP contribution in [0.15, 0.2) is 4.99 Å². The van der Waals surface area contributed by atoms with Crippen LogP contribution in [0.2, 0.25) is 0 Å². The first-order chi connectivity index (χ1) is 7.82. The number of likely N-dealkylation sites (tertiary alicyclic amines) is 1. The molecule has 1 fully saturated rings. The van der Waals surface area contributed by atoms with Crippen molar-refractivity contribution in [1.29, 1.82) is 0 Å². The van der Waals surface area contributed by atoms with Gasteiger partial charge in [-0.1, -0.05) is 27.7 Å². The van der Waals surface area contributed by atoms with E-state index >= 15 is 0 Å². The molecule has 1 saturated heterocycles. The topological polar surface area (TPSA) is 32.7 Å². The molecule has 2 atom stereocenters. The highest BCUT2D eigenvalue weighted by Crippen LogP contribution is 2.35. The van der Waals surface area contributed by atoms with Gasteiger partial charge in [0.25, 0.3) is 5.91 Å². The molecule has 1 aliphatic heterocycles. The second-order valence-electron chi connectivity index (χ2n) is 5.92. The lowest BCUT2D eigenvalue weighted by molar-refractivity contribution is -0.126. The predicted molar refractivity (Wildman–Crippen MR) is 72.3 cm³/mol. The van der Waals surface area contributed by atoms with E-state index in [1.165, 1.54) is 0 Å². The van der Waals surface area contributed by atoms with Gasteiger partial charge in [0.1, 0.15) is 5.71 Å². The lowest BCUT2D eigenvalue weighted by Gasteiger charge is -2.34. The monoisotopic (exact) mass is 238 g/mol. The summed E-state index contributed by atoms with van der Waals surface area (Å²) in [6.07, 6.45) is 0. The number of aliphatic imine (C=N–C) groups is 1. The molecule has 2 unspecified atom stereocenters. The standard InChI is InChI=1S/C14H26N2O/c1-8(2)11-12(15-7)14(17)16(10(5)6)13(11)9(3)4/h8-11,13H,1-7H3/b15-12-. The van der Waals surface area contributed by atoms with Crippen molar-refractivity contribution in [2.75, 3.05) is 7.05 Å². The van der Waals surface area contributed by atoms with E-state index in [9.17, 15) is 4.79 Å². The Hall–Kier alpha value is -0.860. The molecule has 0 aromatic carbocycles. The minimum absolute atomic E-state index is 0.139. The first-order valence-electron chi connectivity index (χ1n) is 6.62. The summed E-state index contributed by atoms with van der Waals surface area (Å²) in [5, 5.41) is 0. The molecular weight excluding hydrogens is 212 g/mol. The molecule has 3 nitrogen and oxygen atoms in total. The molecule has 17 heavy (non-hydrogen) atoms. The number of carbonyl (C=O) groups is 1. The van der Waals surface area contributed by atoms with Crippen LogP contribution in [0.1, 0.15) is 41.5 Å². The van der Waals surface area contributed by atoms with Crippen LogP contribution in [-0.2, 0) is 4.79 Å².